The molecule has 0 spiro atoms. The molecule has 178 valence electrons. The molecule has 7 heteroatoms. The van der Waals surface area contributed by atoms with Gasteiger partial charge in [0.1, 0.15) is 11.6 Å². The first-order valence-corrected chi connectivity index (χ1v) is 12.2. The van der Waals surface area contributed by atoms with Gasteiger partial charge in [0.05, 0.1) is 6.54 Å². The Bertz CT molecular complexity index is 1160. The van der Waals surface area contributed by atoms with E-state index in [-0.39, 0.29) is 18.2 Å². The summed E-state index contributed by atoms with van der Waals surface area (Å²) in [5.41, 5.74) is 2.33. The van der Waals surface area contributed by atoms with Crippen LogP contribution in [0.3, 0.4) is 0 Å². The highest BCUT2D eigenvalue weighted by Gasteiger charge is 2.45. The Kier molecular flexibility index (Phi) is 5.90. The van der Waals surface area contributed by atoms with Crippen LogP contribution in [0.2, 0.25) is 0 Å². The van der Waals surface area contributed by atoms with Gasteiger partial charge in [0.15, 0.2) is 17.3 Å². The van der Waals surface area contributed by atoms with Crippen molar-refractivity contribution in [2.75, 3.05) is 25.0 Å². The van der Waals surface area contributed by atoms with Crippen LogP contribution in [-0.2, 0) is 6.54 Å². The molecule has 0 radical (unpaired) electrons. The number of allylic oxidation sites excluding steroid dienone is 2. The highest BCUT2D eigenvalue weighted by Crippen LogP contribution is 2.45. The summed E-state index contributed by atoms with van der Waals surface area (Å²) in [6.07, 6.45) is 5.50. The first-order valence-electron chi connectivity index (χ1n) is 12.2. The molecule has 1 N–H and O–H groups in total. The minimum Gasteiger partial charge on any atom is -0.318 e. The van der Waals surface area contributed by atoms with Crippen LogP contribution in [0.15, 0.2) is 54.4 Å². The van der Waals surface area contributed by atoms with Crippen LogP contribution in [0.25, 0.3) is 0 Å². The molecule has 7 nitrogen and oxygen atoms in total. The average molecular weight is 460 g/mol. The summed E-state index contributed by atoms with van der Waals surface area (Å²) < 4.78 is 2.10. The van der Waals surface area contributed by atoms with Crippen LogP contribution in [0.1, 0.15) is 65.7 Å². The van der Waals surface area contributed by atoms with Gasteiger partial charge < -0.3 is 14.8 Å². The van der Waals surface area contributed by atoms with Crippen molar-refractivity contribution in [1.82, 2.24) is 19.8 Å². The first kappa shape index (κ1) is 22.6. The second kappa shape index (κ2) is 8.87. The van der Waals surface area contributed by atoms with Crippen molar-refractivity contribution < 1.29 is 9.59 Å². The van der Waals surface area contributed by atoms with E-state index in [9.17, 15) is 9.59 Å². The predicted molar refractivity (Wildman–Crippen MR) is 133 cm³/mol. The van der Waals surface area contributed by atoms with E-state index < -0.39 is 0 Å². The second-order valence-electron chi connectivity index (χ2n) is 9.89. The smallest absolute Gasteiger partial charge is 0.280 e. The third-order valence-corrected chi connectivity index (χ3v) is 7.56. The maximum absolute atomic E-state index is 13.9. The molecule has 1 saturated carbocycles. The topological polar surface area (TPSA) is 70.5 Å². The van der Waals surface area contributed by atoms with Crippen LogP contribution in [0, 0.1) is 5.92 Å². The van der Waals surface area contributed by atoms with E-state index in [0.29, 0.717) is 47.3 Å². The zero-order chi connectivity index (χ0) is 24.0. The SMILES string of the molecule is C=C1N(CC(=O)c2ccccc2)C(=O)c2c(nc(C3CCC4NCCC43)n2CC=C(C)C)N1C. The molecule has 5 rings (SSSR count). The Labute approximate surface area is 201 Å². The van der Waals surface area contributed by atoms with E-state index in [2.05, 4.69) is 36.4 Å². The zero-order valence-corrected chi connectivity index (χ0v) is 20.3. The van der Waals surface area contributed by atoms with Crippen molar-refractivity contribution >= 4 is 17.5 Å². The number of ketones is 1. The van der Waals surface area contributed by atoms with Crippen LogP contribution in [0.4, 0.5) is 5.82 Å². The number of aromatic nitrogens is 2. The summed E-state index contributed by atoms with van der Waals surface area (Å²) in [5, 5.41) is 3.63. The molecule has 3 unspecified atom stereocenters. The lowest BCUT2D eigenvalue weighted by molar-refractivity contribution is 0.0738. The van der Waals surface area contributed by atoms with Gasteiger partial charge in [-0.3, -0.25) is 14.5 Å². The zero-order valence-electron chi connectivity index (χ0n) is 20.3. The van der Waals surface area contributed by atoms with Gasteiger partial charge in [-0.1, -0.05) is 48.6 Å². The lowest BCUT2D eigenvalue weighted by Gasteiger charge is -2.35. The van der Waals surface area contributed by atoms with Gasteiger partial charge >= 0.3 is 0 Å². The first-order chi connectivity index (χ1) is 16.4. The average Bonchev–Trinajstić information content (AvgIpc) is 3.54. The molecule has 1 aliphatic carbocycles. The van der Waals surface area contributed by atoms with Crippen molar-refractivity contribution in [1.29, 1.82) is 0 Å². The van der Waals surface area contributed by atoms with Gasteiger partial charge in [-0.05, 0) is 45.6 Å². The Morgan fingerprint density at radius 1 is 1.21 bits per heavy atom. The molecule has 0 bridgehead atoms. The van der Waals surface area contributed by atoms with E-state index in [0.717, 1.165) is 31.6 Å². The molecular weight excluding hydrogens is 426 g/mol. The van der Waals surface area contributed by atoms with Crippen LogP contribution in [0.5, 0.6) is 0 Å². The Morgan fingerprint density at radius 3 is 2.71 bits per heavy atom. The highest BCUT2D eigenvalue weighted by atomic mass is 16.2. The standard InChI is InChI=1S/C27H33N5O2/c1-17(2)13-15-31-24-26(29-25(31)21-10-11-22-20(21)12-14-28-22)30(4)18(3)32(27(24)34)16-23(33)19-8-6-5-7-9-19/h5-9,13,20-22,28H,3,10-12,14-16H2,1-2,4H3. The number of imidazole rings is 1. The molecule has 1 saturated heterocycles. The summed E-state index contributed by atoms with van der Waals surface area (Å²) in [5.74, 6) is 2.67. The van der Waals surface area contributed by atoms with Gasteiger partial charge in [0.25, 0.3) is 5.91 Å². The number of Topliss-reactive ketones (excluding diaryl/α,β-unsaturated/α-hetero) is 1. The number of carbonyl (C=O) groups excluding carboxylic acids is 2. The number of amides is 1. The van der Waals surface area contributed by atoms with Crippen molar-refractivity contribution in [3.8, 4) is 0 Å². The van der Waals surface area contributed by atoms with Crippen molar-refractivity contribution in [3.63, 3.8) is 0 Å². The van der Waals surface area contributed by atoms with Gasteiger partial charge in [0, 0.05) is 31.1 Å². The highest BCUT2D eigenvalue weighted by molar-refractivity contribution is 6.06. The Morgan fingerprint density at radius 2 is 1.97 bits per heavy atom. The number of carbonyl (C=O) groups is 2. The van der Waals surface area contributed by atoms with Crippen LogP contribution >= 0.6 is 0 Å². The lowest BCUT2D eigenvalue weighted by Crippen LogP contribution is -2.45. The summed E-state index contributed by atoms with van der Waals surface area (Å²) >= 11 is 0. The minimum atomic E-state index is -0.206. The number of benzene rings is 1. The summed E-state index contributed by atoms with van der Waals surface area (Å²) in [7, 11) is 1.88. The lowest BCUT2D eigenvalue weighted by atomic mass is 9.92. The molecule has 3 atom stereocenters. The summed E-state index contributed by atoms with van der Waals surface area (Å²) in [6, 6.07) is 9.63. The second-order valence-corrected chi connectivity index (χ2v) is 9.89. The fourth-order valence-corrected chi connectivity index (χ4v) is 5.69. The number of nitrogens with zero attached hydrogens (tertiary/aromatic N) is 4. The molecule has 3 heterocycles. The summed E-state index contributed by atoms with van der Waals surface area (Å²) in [4.78, 5) is 35.2. The molecule has 2 aliphatic heterocycles. The van der Waals surface area contributed by atoms with E-state index in [1.54, 1.807) is 12.1 Å². The van der Waals surface area contributed by atoms with Crippen LogP contribution < -0.4 is 10.2 Å². The van der Waals surface area contributed by atoms with Gasteiger partial charge in [-0.15, -0.1) is 0 Å². The maximum atomic E-state index is 13.9. The van der Waals surface area contributed by atoms with Crippen molar-refractivity contribution in [2.24, 2.45) is 5.92 Å². The van der Waals surface area contributed by atoms with Crippen molar-refractivity contribution in [2.45, 2.75) is 51.6 Å². The fourth-order valence-electron chi connectivity index (χ4n) is 5.69. The molecule has 3 aliphatic rings. The maximum Gasteiger partial charge on any atom is 0.280 e. The van der Waals surface area contributed by atoms with Gasteiger partial charge in [-0.2, -0.15) is 0 Å². The number of anilines is 1. The number of nitrogens with one attached hydrogen (secondary N) is 1. The third-order valence-electron chi connectivity index (χ3n) is 7.56. The van der Waals surface area contributed by atoms with E-state index in [4.69, 9.17) is 4.98 Å². The monoisotopic (exact) mass is 459 g/mol. The molecule has 34 heavy (non-hydrogen) atoms. The molecule has 1 amide bonds. The largest absolute Gasteiger partial charge is 0.318 e. The third kappa shape index (κ3) is 3.78. The normalized spacial score (nSPS) is 23.8. The van der Waals surface area contributed by atoms with E-state index >= 15 is 0 Å². The Balaban J connectivity index is 1.54. The number of fused-ring (bicyclic) bond motifs is 2. The molecule has 2 aromatic rings. The van der Waals surface area contributed by atoms with Crippen molar-refractivity contribution in [3.05, 3.63) is 71.5 Å². The molecular formula is C27H33N5O2. The number of hydrogen-bond acceptors (Lipinski definition) is 5. The fraction of sp³-hybridized carbons (Fsp3) is 0.444. The minimum absolute atomic E-state index is 0.0489. The van der Waals surface area contributed by atoms with Gasteiger partial charge in [0.2, 0.25) is 0 Å². The van der Waals surface area contributed by atoms with Crippen LogP contribution in [-0.4, -0.2) is 52.3 Å². The molecule has 1 aromatic heterocycles. The molecule has 2 fully saturated rings. The summed E-state index contributed by atoms with van der Waals surface area (Å²) in [6.45, 7) is 9.86. The number of hydrogen-bond donors (Lipinski definition) is 1. The molecule has 1 aromatic carbocycles. The number of rotatable bonds is 6. The predicted octanol–water partition coefficient (Wildman–Crippen LogP) is 3.95. The van der Waals surface area contributed by atoms with E-state index in [1.165, 1.54) is 10.5 Å². The van der Waals surface area contributed by atoms with E-state index in [1.807, 2.05) is 30.1 Å². The Hall–Kier alpha value is -3.19. The quantitative estimate of drug-likeness (QED) is 0.523. The van der Waals surface area contributed by atoms with Gasteiger partial charge in [-0.25, -0.2) is 4.98 Å².